The SMILES string of the molecule is COc1ccc(CCN2CCN(CC(=O)NC(C)(C#N)C3CC3)CC2)cc1. The Kier molecular flexibility index (Phi) is 6.35. The Morgan fingerprint density at radius 2 is 1.85 bits per heavy atom. The van der Waals surface area contributed by atoms with Crippen molar-refractivity contribution >= 4 is 5.91 Å². The lowest BCUT2D eigenvalue weighted by Crippen LogP contribution is -2.53. The molecule has 0 radical (unpaired) electrons. The fraction of sp³-hybridized carbons (Fsp3) is 0.619. The van der Waals surface area contributed by atoms with E-state index < -0.39 is 5.54 Å². The summed E-state index contributed by atoms with van der Waals surface area (Å²) in [5.41, 5.74) is 0.616. The molecule has 1 aliphatic heterocycles. The molecule has 146 valence electrons. The molecule has 2 aliphatic rings. The van der Waals surface area contributed by atoms with Crippen LogP contribution in [0.3, 0.4) is 0 Å². The zero-order chi connectivity index (χ0) is 19.3. The molecule has 1 heterocycles. The van der Waals surface area contributed by atoms with Crippen molar-refractivity contribution < 1.29 is 9.53 Å². The van der Waals surface area contributed by atoms with E-state index in [0.29, 0.717) is 12.5 Å². The van der Waals surface area contributed by atoms with Gasteiger partial charge in [0.25, 0.3) is 0 Å². The second-order valence-electron chi connectivity index (χ2n) is 7.85. The number of hydrogen-bond donors (Lipinski definition) is 1. The monoisotopic (exact) mass is 370 g/mol. The highest BCUT2D eigenvalue weighted by Gasteiger charge is 2.43. The number of piperazine rings is 1. The summed E-state index contributed by atoms with van der Waals surface area (Å²) < 4.78 is 5.19. The summed E-state index contributed by atoms with van der Waals surface area (Å²) in [6, 6.07) is 10.5. The predicted molar refractivity (Wildman–Crippen MR) is 104 cm³/mol. The van der Waals surface area contributed by atoms with Gasteiger partial charge in [-0.1, -0.05) is 12.1 Å². The molecule has 1 aliphatic carbocycles. The number of ether oxygens (including phenoxy) is 1. The van der Waals surface area contributed by atoms with Gasteiger partial charge in [0.15, 0.2) is 0 Å². The maximum Gasteiger partial charge on any atom is 0.235 e. The Bertz CT molecular complexity index is 672. The number of hydrogen-bond acceptors (Lipinski definition) is 5. The summed E-state index contributed by atoms with van der Waals surface area (Å²) in [6.45, 7) is 6.99. The topological polar surface area (TPSA) is 68.6 Å². The number of amides is 1. The maximum absolute atomic E-state index is 12.3. The molecule has 1 unspecified atom stereocenters. The number of carbonyl (C=O) groups excluding carboxylic acids is 1. The second-order valence-corrected chi connectivity index (χ2v) is 7.85. The number of nitrogens with zero attached hydrogens (tertiary/aromatic N) is 3. The van der Waals surface area contributed by atoms with E-state index in [2.05, 4.69) is 33.3 Å². The minimum atomic E-state index is -0.697. The van der Waals surface area contributed by atoms with E-state index in [4.69, 9.17) is 4.74 Å². The Morgan fingerprint density at radius 3 is 2.41 bits per heavy atom. The Balaban J connectivity index is 1.37. The van der Waals surface area contributed by atoms with Crippen LogP contribution in [-0.4, -0.2) is 67.6 Å². The van der Waals surface area contributed by atoms with E-state index in [9.17, 15) is 10.1 Å². The lowest BCUT2D eigenvalue weighted by molar-refractivity contribution is -0.124. The summed E-state index contributed by atoms with van der Waals surface area (Å²) >= 11 is 0. The molecule has 27 heavy (non-hydrogen) atoms. The molecule has 1 atom stereocenters. The Hall–Kier alpha value is -2.10. The Labute approximate surface area is 162 Å². The number of methoxy groups -OCH3 is 1. The number of nitriles is 1. The molecule has 6 heteroatoms. The number of nitrogens with one attached hydrogen (secondary N) is 1. The van der Waals surface area contributed by atoms with E-state index in [1.165, 1.54) is 5.56 Å². The van der Waals surface area contributed by atoms with Crippen molar-refractivity contribution in [2.45, 2.75) is 31.7 Å². The standard InChI is InChI=1S/C21H30N4O2/c1-21(16-22,18-5-6-18)23-20(26)15-25-13-11-24(12-14-25)10-9-17-3-7-19(27-2)8-4-17/h3-4,7-8,18H,5-6,9-15H2,1-2H3,(H,23,26). The lowest BCUT2D eigenvalue weighted by atomic mass is 9.98. The van der Waals surface area contributed by atoms with Crippen LogP contribution in [0, 0.1) is 17.2 Å². The smallest absolute Gasteiger partial charge is 0.235 e. The van der Waals surface area contributed by atoms with E-state index in [1.807, 2.05) is 19.1 Å². The summed E-state index contributed by atoms with van der Waals surface area (Å²) in [5.74, 6) is 1.18. The number of benzene rings is 1. The first-order valence-corrected chi connectivity index (χ1v) is 9.82. The molecule has 3 rings (SSSR count). The lowest BCUT2D eigenvalue weighted by Gasteiger charge is -2.35. The second kappa shape index (κ2) is 8.73. The summed E-state index contributed by atoms with van der Waals surface area (Å²) in [7, 11) is 1.68. The molecule has 0 bridgehead atoms. The van der Waals surface area contributed by atoms with Crippen LogP contribution in [0.1, 0.15) is 25.3 Å². The molecule has 6 nitrogen and oxygen atoms in total. The minimum Gasteiger partial charge on any atom is -0.497 e. The predicted octanol–water partition coefficient (Wildman–Crippen LogP) is 1.66. The summed E-state index contributed by atoms with van der Waals surface area (Å²) in [4.78, 5) is 17.0. The molecule has 0 spiro atoms. The fourth-order valence-electron chi connectivity index (χ4n) is 3.66. The first kappa shape index (κ1) is 19.7. The molecule has 1 saturated heterocycles. The van der Waals surface area contributed by atoms with Gasteiger partial charge in [-0.25, -0.2) is 0 Å². The molecule has 1 amide bonds. The van der Waals surface area contributed by atoms with Crippen LogP contribution in [-0.2, 0) is 11.2 Å². The van der Waals surface area contributed by atoms with Crippen molar-refractivity contribution in [2.24, 2.45) is 5.92 Å². The fourth-order valence-corrected chi connectivity index (χ4v) is 3.66. The van der Waals surface area contributed by atoms with Crippen molar-refractivity contribution in [3.63, 3.8) is 0 Å². The summed E-state index contributed by atoms with van der Waals surface area (Å²) in [6.07, 6.45) is 3.10. The highest BCUT2D eigenvalue weighted by atomic mass is 16.5. The zero-order valence-electron chi connectivity index (χ0n) is 16.4. The van der Waals surface area contributed by atoms with Crippen LogP contribution in [0.25, 0.3) is 0 Å². The molecule has 1 N–H and O–H groups in total. The van der Waals surface area contributed by atoms with Crippen LogP contribution in [0.4, 0.5) is 0 Å². The van der Waals surface area contributed by atoms with Crippen molar-refractivity contribution in [1.82, 2.24) is 15.1 Å². The van der Waals surface area contributed by atoms with Crippen molar-refractivity contribution in [2.75, 3.05) is 46.4 Å². The summed E-state index contributed by atoms with van der Waals surface area (Å²) in [5, 5.41) is 12.3. The Morgan fingerprint density at radius 1 is 1.22 bits per heavy atom. The van der Waals surface area contributed by atoms with Crippen molar-refractivity contribution in [1.29, 1.82) is 5.26 Å². The zero-order valence-corrected chi connectivity index (χ0v) is 16.4. The van der Waals surface area contributed by atoms with Crippen LogP contribution in [0.15, 0.2) is 24.3 Å². The number of carbonyl (C=O) groups is 1. The quantitative estimate of drug-likeness (QED) is 0.754. The van der Waals surface area contributed by atoms with Gasteiger partial charge in [-0.3, -0.25) is 9.69 Å². The first-order chi connectivity index (χ1) is 13.0. The average molecular weight is 370 g/mol. The third-order valence-corrected chi connectivity index (χ3v) is 5.73. The van der Waals surface area contributed by atoms with Crippen LogP contribution < -0.4 is 10.1 Å². The van der Waals surface area contributed by atoms with Gasteiger partial charge in [-0.05, 0) is 49.8 Å². The average Bonchev–Trinajstić information content (AvgIpc) is 3.53. The molecular weight excluding hydrogens is 340 g/mol. The van der Waals surface area contributed by atoms with Gasteiger partial charge in [0.2, 0.25) is 5.91 Å². The van der Waals surface area contributed by atoms with Gasteiger partial charge in [0.05, 0.1) is 19.7 Å². The molecule has 2 fully saturated rings. The van der Waals surface area contributed by atoms with Crippen LogP contribution >= 0.6 is 0 Å². The van der Waals surface area contributed by atoms with Crippen molar-refractivity contribution in [3.05, 3.63) is 29.8 Å². The van der Waals surface area contributed by atoms with Gasteiger partial charge in [0, 0.05) is 32.7 Å². The third-order valence-electron chi connectivity index (χ3n) is 5.73. The third kappa shape index (κ3) is 5.44. The van der Waals surface area contributed by atoms with E-state index in [1.54, 1.807) is 7.11 Å². The molecule has 1 saturated carbocycles. The van der Waals surface area contributed by atoms with Gasteiger partial charge >= 0.3 is 0 Å². The van der Waals surface area contributed by atoms with E-state index in [-0.39, 0.29) is 5.91 Å². The van der Waals surface area contributed by atoms with Crippen LogP contribution in [0.2, 0.25) is 0 Å². The van der Waals surface area contributed by atoms with Gasteiger partial charge in [-0.15, -0.1) is 0 Å². The van der Waals surface area contributed by atoms with E-state index >= 15 is 0 Å². The molecule has 1 aromatic carbocycles. The minimum absolute atomic E-state index is 0.0300. The van der Waals surface area contributed by atoms with E-state index in [0.717, 1.165) is 57.7 Å². The van der Waals surface area contributed by atoms with Gasteiger partial charge in [0.1, 0.15) is 11.3 Å². The highest BCUT2D eigenvalue weighted by Crippen LogP contribution is 2.39. The van der Waals surface area contributed by atoms with Gasteiger partial charge in [-0.2, -0.15) is 5.26 Å². The number of rotatable bonds is 8. The highest BCUT2D eigenvalue weighted by molar-refractivity contribution is 5.79. The van der Waals surface area contributed by atoms with Crippen molar-refractivity contribution in [3.8, 4) is 11.8 Å². The molecule has 0 aromatic heterocycles. The normalized spacial score (nSPS) is 20.5. The molecular formula is C21H30N4O2. The molecule has 1 aromatic rings. The van der Waals surface area contributed by atoms with Gasteiger partial charge < -0.3 is 15.0 Å². The first-order valence-electron chi connectivity index (χ1n) is 9.82. The largest absolute Gasteiger partial charge is 0.497 e. The van der Waals surface area contributed by atoms with Crippen LogP contribution in [0.5, 0.6) is 5.75 Å². The maximum atomic E-state index is 12.3.